The summed E-state index contributed by atoms with van der Waals surface area (Å²) in [5.74, 6) is 0.976. The van der Waals surface area contributed by atoms with E-state index in [1.165, 1.54) is 0 Å². The van der Waals surface area contributed by atoms with Crippen molar-refractivity contribution in [3.8, 4) is 0 Å². The van der Waals surface area contributed by atoms with Gasteiger partial charge in [0.15, 0.2) is 0 Å². The third-order valence-electron chi connectivity index (χ3n) is 2.79. The minimum absolute atomic E-state index is 0.000164. The van der Waals surface area contributed by atoms with Crippen LogP contribution in [0, 0.1) is 5.92 Å². The molecule has 1 fully saturated rings. The molecule has 2 unspecified atom stereocenters. The molecule has 16 heavy (non-hydrogen) atoms. The zero-order chi connectivity index (χ0) is 11.5. The number of aromatic nitrogens is 1. The van der Waals surface area contributed by atoms with Gasteiger partial charge in [-0.3, -0.25) is 4.79 Å². The Labute approximate surface area is 103 Å². The molecule has 4 nitrogen and oxygen atoms in total. The van der Waals surface area contributed by atoms with Gasteiger partial charge < -0.3 is 10.6 Å². The summed E-state index contributed by atoms with van der Waals surface area (Å²) >= 11 is 3.30. The van der Waals surface area contributed by atoms with Crippen LogP contribution in [0.4, 0.5) is 5.82 Å². The molecule has 0 aliphatic carbocycles. The van der Waals surface area contributed by atoms with Crippen LogP contribution >= 0.6 is 15.9 Å². The first-order chi connectivity index (χ1) is 7.66. The summed E-state index contributed by atoms with van der Waals surface area (Å²) in [6.45, 7) is 2.99. The number of pyridine rings is 1. The Morgan fingerprint density at radius 1 is 1.62 bits per heavy atom. The van der Waals surface area contributed by atoms with Crippen LogP contribution in [0.25, 0.3) is 0 Å². The summed E-state index contributed by atoms with van der Waals surface area (Å²) in [5, 5.41) is 6.00. The SMILES string of the molecule is CC1CCNC1C(=O)Nc1ccc(Br)cn1. The van der Waals surface area contributed by atoms with Gasteiger partial charge in [0.1, 0.15) is 5.82 Å². The third-order valence-corrected chi connectivity index (χ3v) is 3.26. The topological polar surface area (TPSA) is 54.0 Å². The molecule has 2 atom stereocenters. The number of carbonyl (C=O) groups is 1. The summed E-state index contributed by atoms with van der Waals surface area (Å²) in [4.78, 5) is 16.0. The lowest BCUT2D eigenvalue weighted by Gasteiger charge is -2.14. The molecule has 1 aromatic rings. The molecule has 1 aromatic heterocycles. The second-order valence-corrected chi connectivity index (χ2v) is 4.96. The average molecular weight is 284 g/mol. The van der Waals surface area contributed by atoms with Gasteiger partial charge in [0.05, 0.1) is 6.04 Å². The van der Waals surface area contributed by atoms with Gasteiger partial charge in [-0.05, 0) is 46.9 Å². The van der Waals surface area contributed by atoms with Gasteiger partial charge in [-0.1, -0.05) is 6.92 Å². The van der Waals surface area contributed by atoms with Crippen LogP contribution in [-0.4, -0.2) is 23.5 Å². The predicted octanol–water partition coefficient (Wildman–Crippen LogP) is 1.78. The zero-order valence-electron chi connectivity index (χ0n) is 9.03. The van der Waals surface area contributed by atoms with E-state index in [-0.39, 0.29) is 11.9 Å². The van der Waals surface area contributed by atoms with Gasteiger partial charge in [0, 0.05) is 10.7 Å². The summed E-state index contributed by atoms with van der Waals surface area (Å²) in [5.41, 5.74) is 0. The van der Waals surface area contributed by atoms with Crippen LogP contribution in [0.5, 0.6) is 0 Å². The Bertz CT molecular complexity index is 379. The van der Waals surface area contributed by atoms with Crippen molar-refractivity contribution in [1.82, 2.24) is 10.3 Å². The van der Waals surface area contributed by atoms with E-state index in [4.69, 9.17) is 0 Å². The van der Waals surface area contributed by atoms with E-state index in [9.17, 15) is 4.79 Å². The smallest absolute Gasteiger partial charge is 0.242 e. The Hall–Kier alpha value is -0.940. The molecule has 1 aliphatic heterocycles. The number of nitrogens with one attached hydrogen (secondary N) is 2. The summed E-state index contributed by atoms with van der Waals surface area (Å²) < 4.78 is 0.901. The molecule has 2 rings (SSSR count). The number of amides is 1. The first-order valence-electron chi connectivity index (χ1n) is 5.32. The van der Waals surface area contributed by atoms with Gasteiger partial charge in [0.25, 0.3) is 0 Å². The molecular formula is C11H14BrN3O. The normalized spacial score (nSPS) is 24.4. The third kappa shape index (κ3) is 2.59. The van der Waals surface area contributed by atoms with Crippen molar-refractivity contribution in [3.63, 3.8) is 0 Å². The number of rotatable bonds is 2. The Balaban J connectivity index is 1.99. The molecule has 5 heteroatoms. The molecule has 0 saturated carbocycles. The van der Waals surface area contributed by atoms with E-state index < -0.39 is 0 Å². The number of carbonyl (C=O) groups excluding carboxylic acids is 1. The van der Waals surface area contributed by atoms with E-state index in [1.54, 1.807) is 12.3 Å². The highest BCUT2D eigenvalue weighted by atomic mass is 79.9. The predicted molar refractivity (Wildman–Crippen MR) is 66.1 cm³/mol. The Morgan fingerprint density at radius 3 is 3.00 bits per heavy atom. The fraction of sp³-hybridized carbons (Fsp3) is 0.455. The molecule has 86 valence electrons. The average Bonchev–Trinajstić information content (AvgIpc) is 2.68. The molecule has 1 saturated heterocycles. The van der Waals surface area contributed by atoms with Crippen LogP contribution in [0.15, 0.2) is 22.8 Å². The first-order valence-corrected chi connectivity index (χ1v) is 6.12. The van der Waals surface area contributed by atoms with Gasteiger partial charge in [0.2, 0.25) is 5.91 Å². The monoisotopic (exact) mass is 283 g/mol. The molecular weight excluding hydrogens is 270 g/mol. The van der Waals surface area contributed by atoms with Gasteiger partial charge in [-0.25, -0.2) is 4.98 Å². The lowest BCUT2D eigenvalue weighted by molar-refractivity contribution is -0.118. The van der Waals surface area contributed by atoms with Crippen molar-refractivity contribution in [3.05, 3.63) is 22.8 Å². The van der Waals surface area contributed by atoms with Crippen molar-refractivity contribution in [2.75, 3.05) is 11.9 Å². The van der Waals surface area contributed by atoms with Crippen molar-refractivity contribution in [1.29, 1.82) is 0 Å². The van der Waals surface area contributed by atoms with Crippen LogP contribution < -0.4 is 10.6 Å². The van der Waals surface area contributed by atoms with E-state index in [2.05, 4.69) is 38.5 Å². The fourth-order valence-corrected chi connectivity index (χ4v) is 2.07. The van der Waals surface area contributed by atoms with Crippen LogP contribution in [0.1, 0.15) is 13.3 Å². The van der Waals surface area contributed by atoms with Crippen LogP contribution in [0.3, 0.4) is 0 Å². The number of nitrogens with zero attached hydrogens (tertiary/aromatic N) is 1. The molecule has 0 bridgehead atoms. The highest BCUT2D eigenvalue weighted by molar-refractivity contribution is 9.10. The standard InChI is InChI=1S/C11H14BrN3O/c1-7-4-5-13-10(7)11(16)15-9-3-2-8(12)6-14-9/h2-3,6-7,10,13H,4-5H2,1H3,(H,14,15,16). The van der Waals surface area contributed by atoms with Gasteiger partial charge in [-0.15, -0.1) is 0 Å². The van der Waals surface area contributed by atoms with Gasteiger partial charge in [-0.2, -0.15) is 0 Å². The quantitative estimate of drug-likeness (QED) is 0.870. The van der Waals surface area contributed by atoms with E-state index >= 15 is 0 Å². The number of halogens is 1. The second kappa shape index (κ2) is 4.93. The van der Waals surface area contributed by atoms with Crippen molar-refractivity contribution < 1.29 is 4.79 Å². The minimum Gasteiger partial charge on any atom is -0.309 e. The number of hydrogen-bond donors (Lipinski definition) is 2. The molecule has 0 aromatic carbocycles. The van der Waals surface area contributed by atoms with E-state index in [0.717, 1.165) is 17.4 Å². The highest BCUT2D eigenvalue weighted by Gasteiger charge is 2.29. The Kier molecular flexibility index (Phi) is 3.56. The zero-order valence-corrected chi connectivity index (χ0v) is 10.6. The Morgan fingerprint density at radius 2 is 2.44 bits per heavy atom. The minimum atomic E-state index is -0.0922. The number of anilines is 1. The van der Waals surface area contributed by atoms with Crippen LogP contribution in [0.2, 0.25) is 0 Å². The first kappa shape index (κ1) is 11.5. The molecule has 1 amide bonds. The number of hydrogen-bond acceptors (Lipinski definition) is 3. The molecule has 0 spiro atoms. The summed E-state index contributed by atoms with van der Waals surface area (Å²) in [6.07, 6.45) is 2.72. The van der Waals surface area contributed by atoms with Gasteiger partial charge >= 0.3 is 0 Å². The lowest BCUT2D eigenvalue weighted by atomic mass is 10.0. The highest BCUT2D eigenvalue weighted by Crippen LogP contribution is 2.16. The van der Waals surface area contributed by atoms with E-state index in [0.29, 0.717) is 11.7 Å². The maximum Gasteiger partial charge on any atom is 0.242 e. The largest absolute Gasteiger partial charge is 0.309 e. The lowest BCUT2D eigenvalue weighted by Crippen LogP contribution is -2.39. The molecule has 0 radical (unpaired) electrons. The molecule has 1 aliphatic rings. The molecule has 2 N–H and O–H groups in total. The second-order valence-electron chi connectivity index (χ2n) is 4.05. The van der Waals surface area contributed by atoms with Crippen molar-refractivity contribution in [2.45, 2.75) is 19.4 Å². The maximum absolute atomic E-state index is 11.9. The van der Waals surface area contributed by atoms with Crippen LogP contribution in [-0.2, 0) is 4.79 Å². The molecule has 2 heterocycles. The van der Waals surface area contributed by atoms with Crippen molar-refractivity contribution in [2.24, 2.45) is 5.92 Å². The fourth-order valence-electron chi connectivity index (χ4n) is 1.84. The van der Waals surface area contributed by atoms with Crippen molar-refractivity contribution >= 4 is 27.7 Å². The van der Waals surface area contributed by atoms with E-state index in [1.807, 2.05) is 6.07 Å². The summed E-state index contributed by atoms with van der Waals surface area (Å²) in [7, 11) is 0. The summed E-state index contributed by atoms with van der Waals surface area (Å²) in [6, 6.07) is 3.54. The maximum atomic E-state index is 11.9.